The van der Waals surface area contributed by atoms with Gasteiger partial charge in [-0.05, 0) is 12.8 Å². The number of ether oxygens (including phenoxy) is 2. The zero-order valence-electron chi connectivity index (χ0n) is 19.6. The Morgan fingerprint density at radius 1 is 0.621 bits per heavy atom. The fourth-order valence-corrected chi connectivity index (χ4v) is 3.78. The molecule has 29 heavy (non-hydrogen) atoms. The van der Waals surface area contributed by atoms with E-state index in [-0.39, 0.29) is 5.88 Å². The van der Waals surface area contributed by atoms with Crippen LogP contribution < -0.4 is 0 Å². The number of hydrogen-bond acceptors (Lipinski definition) is 3. The van der Waals surface area contributed by atoms with Gasteiger partial charge in [0.1, 0.15) is 0 Å². The number of alkyl halides is 1. The van der Waals surface area contributed by atoms with Gasteiger partial charge >= 0.3 is 0 Å². The molecule has 1 N–H and O–H groups in total. The monoisotopic (exact) mass is 434 g/mol. The first kappa shape index (κ1) is 29.2. The third-order valence-corrected chi connectivity index (χ3v) is 5.89. The number of aliphatic hydroxyl groups excluding tert-OH is 1. The van der Waals surface area contributed by atoms with E-state index in [0.29, 0.717) is 19.1 Å². The fraction of sp³-hybridized carbons (Fsp3) is 1.00. The Labute approximate surface area is 187 Å². The number of rotatable bonds is 24. The molecule has 0 fully saturated rings. The van der Waals surface area contributed by atoms with Crippen molar-refractivity contribution < 1.29 is 14.6 Å². The fourth-order valence-electron chi connectivity index (χ4n) is 3.69. The Balaban J connectivity index is 3.33. The standard InChI is InChI=1S/C25H51ClO3/c1-3-5-6-7-8-9-10-11-12-13-14-15-16-17-19-28-21-24(18-4-2)22-29-23-25(27)20-26/h24-25,27H,3-23H2,1-2H3. The van der Waals surface area contributed by atoms with Crippen molar-refractivity contribution in [1.82, 2.24) is 0 Å². The largest absolute Gasteiger partial charge is 0.389 e. The van der Waals surface area contributed by atoms with E-state index in [0.717, 1.165) is 26.1 Å². The second-order valence-electron chi connectivity index (χ2n) is 8.67. The Kier molecular flexibility index (Phi) is 24.6. The minimum absolute atomic E-state index is 0.230. The maximum absolute atomic E-state index is 9.44. The highest BCUT2D eigenvalue weighted by atomic mass is 35.5. The summed E-state index contributed by atoms with van der Waals surface area (Å²) in [6, 6.07) is 0. The summed E-state index contributed by atoms with van der Waals surface area (Å²) in [5.74, 6) is 0.655. The van der Waals surface area contributed by atoms with Crippen LogP contribution in [0.15, 0.2) is 0 Å². The molecule has 0 aromatic heterocycles. The molecule has 0 radical (unpaired) electrons. The third kappa shape index (κ3) is 22.7. The lowest BCUT2D eigenvalue weighted by Crippen LogP contribution is -2.22. The molecule has 0 amide bonds. The van der Waals surface area contributed by atoms with Crippen molar-refractivity contribution >= 4 is 11.6 Å². The zero-order chi connectivity index (χ0) is 21.4. The van der Waals surface area contributed by atoms with Gasteiger partial charge in [-0.2, -0.15) is 0 Å². The summed E-state index contributed by atoms with van der Waals surface area (Å²) in [6.07, 6.45) is 21.1. The van der Waals surface area contributed by atoms with Crippen LogP contribution >= 0.6 is 11.6 Å². The number of hydrogen-bond donors (Lipinski definition) is 1. The van der Waals surface area contributed by atoms with Gasteiger partial charge < -0.3 is 14.6 Å². The van der Waals surface area contributed by atoms with Crippen LogP contribution in [-0.4, -0.2) is 43.5 Å². The Morgan fingerprint density at radius 3 is 1.59 bits per heavy atom. The topological polar surface area (TPSA) is 38.7 Å². The van der Waals surface area contributed by atoms with Crippen LogP contribution in [0.5, 0.6) is 0 Å². The molecule has 0 saturated carbocycles. The van der Waals surface area contributed by atoms with E-state index in [9.17, 15) is 5.11 Å². The SMILES string of the molecule is CCCCCCCCCCCCCCCCOCC(CCC)COCC(O)CCl. The molecule has 4 heteroatoms. The van der Waals surface area contributed by atoms with E-state index < -0.39 is 6.10 Å². The van der Waals surface area contributed by atoms with Crippen molar-refractivity contribution in [2.75, 3.05) is 32.3 Å². The van der Waals surface area contributed by atoms with Gasteiger partial charge in [0.25, 0.3) is 0 Å². The van der Waals surface area contributed by atoms with Crippen molar-refractivity contribution in [1.29, 1.82) is 0 Å². The highest BCUT2D eigenvalue weighted by Crippen LogP contribution is 2.13. The average Bonchev–Trinajstić information content (AvgIpc) is 2.73. The molecular weight excluding hydrogens is 384 g/mol. The molecule has 0 aromatic rings. The van der Waals surface area contributed by atoms with E-state index >= 15 is 0 Å². The van der Waals surface area contributed by atoms with Crippen molar-refractivity contribution in [3.8, 4) is 0 Å². The summed E-state index contributed by atoms with van der Waals surface area (Å²) in [7, 11) is 0. The van der Waals surface area contributed by atoms with Gasteiger partial charge in [0.15, 0.2) is 0 Å². The second kappa shape index (κ2) is 24.4. The first-order valence-corrected chi connectivity index (χ1v) is 13.2. The zero-order valence-corrected chi connectivity index (χ0v) is 20.4. The molecular formula is C25H51ClO3. The molecule has 176 valence electrons. The molecule has 3 nitrogen and oxygen atoms in total. The van der Waals surface area contributed by atoms with Crippen LogP contribution in [0.25, 0.3) is 0 Å². The van der Waals surface area contributed by atoms with Gasteiger partial charge in [-0.15, -0.1) is 11.6 Å². The maximum atomic E-state index is 9.44. The van der Waals surface area contributed by atoms with E-state index in [1.54, 1.807) is 0 Å². The smallest absolute Gasteiger partial charge is 0.0908 e. The lowest BCUT2D eigenvalue weighted by Gasteiger charge is -2.17. The molecule has 2 unspecified atom stereocenters. The maximum Gasteiger partial charge on any atom is 0.0908 e. The van der Waals surface area contributed by atoms with Crippen LogP contribution in [0.4, 0.5) is 0 Å². The van der Waals surface area contributed by atoms with Crippen molar-refractivity contribution in [2.45, 2.75) is 123 Å². The second-order valence-corrected chi connectivity index (χ2v) is 8.98. The molecule has 2 atom stereocenters. The summed E-state index contributed by atoms with van der Waals surface area (Å²) < 4.78 is 11.4. The van der Waals surface area contributed by atoms with Crippen LogP contribution in [0.1, 0.15) is 117 Å². The summed E-state index contributed by atoms with van der Waals surface area (Å²) in [5.41, 5.74) is 0. The molecule has 0 heterocycles. The number of halogens is 1. The Hall–Kier alpha value is 0.170. The average molecular weight is 435 g/mol. The molecule has 0 rings (SSSR count). The predicted octanol–water partition coefficient (Wildman–Crippen LogP) is 7.52. The summed E-state index contributed by atoms with van der Waals surface area (Å²) >= 11 is 5.59. The van der Waals surface area contributed by atoms with Gasteiger partial charge in [0, 0.05) is 12.5 Å². The Bertz CT molecular complexity index is 302. The molecule has 0 aromatic carbocycles. The molecule has 0 spiro atoms. The number of unbranched alkanes of at least 4 members (excludes halogenated alkanes) is 13. The summed E-state index contributed by atoms with van der Waals surface area (Å²) in [6.45, 7) is 7.08. The van der Waals surface area contributed by atoms with Gasteiger partial charge in [0.05, 0.1) is 31.8 Å². The van der Waals surface area contributed by atoms with Gasteiger partial charge in [-0.3, -0.25) is 0 Å². The van der Waals surface area contributed by atoms with Crippen LogP contribution in [0.2, 0.25) is 0 Å². The third-order valence-electron chi connectivity index (χ3n) is 5.53. The number of aliphatic hydroxyl groups is 1. The quantitative estimate of drug-likeness (QED) is 0.126. The van der Waals surface area contributed by atoms with Crippen molar-refractivity contribution in [3.63, 3.8) is 0 Å². The summed E-state index contributed by atoms with van der Waals surface area (Å²) in [4.78, 5) is 0. The Morgan fingerprint density at radius 2 is 1.10 bits per heavy atom. The molecule has 0 aliphatic rings. The van der Waals surface area contributed by atoms with Crippen molar-refractivity contribution in [2.24, 2.45) is 5.92 Å². The van der Waals surface area contributed by atoms with Gasteiger partial charge in [-0.25, -0.2) is 0 Å². The normalized spacial score (nSPS) is 13.7. The highest BCUT2D eigenvalue weighted by molar-refractivity contribution is 6.18. The van der Waals surface area contributed by atoms with E-state index in [4.69, 9.17) is 21.1 Å². The van der Waals surface area contributed by atoms with E-state index in [1.807, 2.05) is 0 Å². The highest BCUT2D eigenvalue weighted by Gasteiger charge is 2.10. The van der Waals surface area contributed by atoms with Gasteiger partial charge in [0.2, 0.25) is 0 Å². The van der Waals surface area contributed by atoms with Crippen LogP contribution in [0.3, 0.4) is 0 Å². The molecule has 0 saturated heterocycles. The minimum atomic E-state index is -0.560. The van der Waals surface area contributed by atoms with Gasteiger partial charge in [-0.1, -0.05) is 104 Å². The lowest BCUT2D eigenvalue weighted by molar-refractivity contribution is 0.00322. The van der Waals surface area contributed by atoms with E-state index in [2.05, 4.69) is 13.8 Å². The van der Waals surface area contributed by atoms with E-state index in [1.165, 1.54) is 89.9 Å². The van der Waals surface area contributed by atoms with Crippen LogP contribution in [-0.2, 0) is 9.47 Å². The first-order chi connectivity index (χ1) is 14.2. The molecule has 0 aliphatic carbocycles. The molecule has 0 bridgehead atoms. The van der Waals surface area contributed by atoms with Crippen LogP contribution in [0, 0.1) is 5.92 Å². The van der Waals surface area contributed by atoms with Crippen molar-refractivity contribution in [3.05, 3.63) is 0 Å². The minimum Gasteiger partial charge on any atom is -0.389 e. The lowest BCUT2D eigenvalue weighted by atomic mass is 10.0. The first-order valence-electron chi connectivity index (χ1n) is 12.6. The summed E-state index contributed by atoms with van der Waals surface area (Å²) in [5, 5.41) is 9.44. The molecule has 0 aliphatic heterocycles. The predicted molar refractivity (Wildman–Crippen MR) is 127 cm³/mol.